The molecule has 1 nitrogen and oxygen atoms in total. The Hall–Kier alpha value is -0.680. The molecule has 0 bridgehead atoms. The number of allylic oxidation sites excluding steroid dienone is 2. The summed E-state index contributed by atoms with van der Waals surface area (Å²) in [7, 11) is 0. The average Bonchev–Trinajstić information content (AvgIpc) is 2.51. The van der Waals surface area contributed by atoms with Crippen LogP contribution in [0.2, 0.25) is 0 Å². The third-order valence-corrected chi connectivity index (χ3v) is 4.85. The zero-order chi connectivity index (χ0) is 15.1. The van der Waals surface area contributed by atoms with Crippen LogP contribution in [0.1, 0.15) is 44.1 Å². The molecular formula is C18H22FIO. The minimum Gasteiger partial charge on any atom is -0.354 e. The fourth-order valence-corrected chi connectivity index (χ4v) is 2.99. The van der Waals surface area contributed by atoms with Gasteiger partial charge in [0, 0.05) is 12.5 Å². The highest BCUT2D eigenvalue weighted by atomic mass is 127. The van der Waals surface area contributed by atoms with E-state index in [4.69, 9.17) is 4.74 Å². The Morgan fingerprint density at radius 1 is 1.19 bits per heavy atom. The number of alkyl halides is 1. The van der Waals surface area contributed by atoms with E-state index in [9.17, 15) is 4.39 Å². The molecule has 2 rings (SSSR count). The predicted octanol–water partition coefficient (Wildman–Crippen LogP) is 5.92. The smallest absolute Gasteiger partial charge is 0.188 e. The standard InChI is InChI=1S/C18H22FIO/c1-2-3-4-8-13-21-18(20)12-11-16(14-17(18)19)15-9-6-5-7-10-15/h5-7,9-12,14,16H,2-4,8,13H2,1H3. The summed E-state index contributed by atoms with van der Waals surface area (Å²) < 4.78 is 19.3. The normalized spacial score (nSPS) is 24.9. The van der Waals surface area contributed by atoms with Crippen LogP contribution in [0, 0.1) is 0 Å². The van der Waals surface area contributed by atoms with Gasteiger partial charge in [-0.1, -0.05) is 62.6 Å². The first-order chi connectivity index (χ1) is 10.2. The molecule has 0 saturated heterocycles. The Balaban J connectivity index is 1.94. The summed E-state index contributed by atoms with van der Waals surface area (Å²) in [5.74, 6) is -0.201. The molecule has 114 valence electrons. The van der Waals surface area contributed by atoms with Gasteiger partial charge in [-0.25, -0.2) is 4.39 Å². The Labute approximate surface area is 140 Å². The van der Waals surface area contributed by atoms with Gasteiger partial charge in [-0.2, -0.15) is 0 Å². The second-order valence-corrected chi connectivity index (χ2v) is 6.97. The molecule has 1 aliphatic rings. The van der Waals surface area contributed by atoms with Gasteiger partial charge in [-0.05, 0) is 46.7 Å². The first-order valence-corrected chi connectivity index (χ1v) is 8.68. The summed E-state index contributed by atoms with van der Waals surface area (Å²) in [6.07, 6.45) is 10.1. The summed E-state index contributed by atoms with van der Waals surface area (Å²) in [4.78, 5) is 0. The molecule has 1 aromatic carbocycles. The molecule has 21 heavy (non-hydrogen) atoms. The average molecular weight is 400 g/mol. The number of hydrogen-bond donors (Lipinski definition) is 0. The van der Waals surface area contributed by atoms with Crippen molar-refractivity contribution in [3.8, 4) is 0 Å². The third kappa shape index (κ3) is 4.65. The summed E-state index contributed by atoms with van der Waals surface area (Å²) in [6.45, 7) is 2.78. The van der Waals surface area contributed by atoms with E-state index in [2.05, 4.69) is 29.5 Å². The zero-order valence-corrected chi connectivity index (χ0v) is 14.6. The SMILES string of the molecule is CCCCCCOC1(I)C=CC(c2ccccc2)C=C1F. The minimum atomic E-state index is -0.921. The van der Waals surface area contributed by atoms with Crippen LogP contribution in [0.3, 0.4) is 0 Å². The molecule has 0 aromatic heterocycles. The largest absolute Gasteiger partial charge is 0.354 e. The molecule has 0 radical (unpaired) electrons. The topological polar surface area (TPSA) is 9.23 Å². The summed E-state index contributed by atoms with van der Waals surface area (Å²) in [5.41, 5.74) is 1.10. The van der Waals surface area contributed by atoms with E-state index in [0.29, 0.717) is 6.61 Å². The van der Waals surface area contributed by atoms with E-state index in [-0.39, 0.29) is 11.7 Å². The van der Waals surface area contributed by atoms with Crippen molar-refractivity contribution >= 4 is 22.6 Å². The second-order valence-electron chi connectivity index (χ2n) is 5.36. The Morgan fingerprint density at radius 2 is 1.95 bits per heavy atom. The molecule has 2 atom stereocenters. The van der Waals surface area contributed by atoms with Gasteiger partial charge in [0.15, 0.2) is 3.61 Å². The van der Waals surface area contributed by atoms with Gasteiger partial charge in [0.05, 0.1) is 0 Å². The Kier molecular flexibility index (Phi) is 6.42. The van der Waals surface area contributed by atoms with E-state index < -0.39 is 3.61 Å². The first kappa shape index (κ1) is 16.7. The molecule has 0 aliphatic heterocycles. The summed E-state index contributed by atoms with van der Waals surface area (Å²) in [6, 6.07) is 9.96. The molecule has 1 aliphatic carbocycles. The van der Waals surface area contributed by atoms with Gasteiger partial charge in [0.1, 0.15) is 5.83 Å². The molecule has 1 aromatic rings. The van der Waals surface area contributed by atoms with Crippen molar-refractivity contribution in [2.45, 2.75) is 42.1 Å². The lowest BCUT2D eigenvalue weighted by molar-refractivity contribution is 0.0762. The van der Waals surface area contributed by atoms with Crippen molar-refractivity contribution in [1.82, 2.24) is 0 Å². The van der Waals surface area contributed by atoms with Crippen molar-refractivity contribution in [2.24, 2.45) is 0 Å². The van der Waals surface area contributed by atoms with Crippen LogP contribution in [0.4, 0.5) is 4.39 Å². The van der Waals surface area contributed by atoms with Gasteiger partial charge in [-0.15, -0.1) is 0 Å². The van der Waals surface area contributed by atoms with Crippen LogP contribution < -0.4 is 0 Å². The van der Waals surface area contributed by atoms with Crippen LogP contribution in [-0.2, 0) is 4.74 Å². The minimum absolute atomic E-state index is 0.00205. The van der Waals surface area contributed by atoms with Gasteiger partial charge in [-0.3, -0.25) is 0 Å². The maximum atomic E-state index is 14.4. The van der Waals surface area contributed by atoms with Crippen LogP contribution in [0.5, 0.6) is 0 Å². The third-order valence-electron chi connectivity index (χ3n) is 3.66. The summed E-state index contributed by atoms with van der Waals surface area (Å²) in [5, 5.41) is 0. The van der Waals surface area contributed by atoms with Crippen molar-refractivity contribution < 1.29 is 9.13 Å². The van der Waals surface area contributed by atoms with Crippen LogP contribution >= 0.6 is 22.6 Å². The molecule has 0 saturated carbocycles. The molecule has 0 amide bonds. The number of benzene rings is 1. The zero-order valence-electron chi connectivity index (χ0n) is 12.4. The highest BCUT2D eigenvalue weighted by Gasteiger charge is 2.33. The quantitative estimate of drug-likeness (QED) is 0.239. The van der Waals surface area contributed by atoms with E-state index in [1.165, 1.54) is 12.8 Å². The second kappa shape index (κ2) is 8.08. The molecule has 0 fully saturated rings. The van der Waals surface area contributed by atoms with Gasteiger partial charge < -0.3 is 4.74 Å². The first-order valence-electron chi connectivity index (χ1n) is 7.60. The van der Waals surface area contributed by atoms with Crippen molar-refractivity contribution in [2.75, 3.05) is 6.61 Å². The van der Waals surface area contributed by atoms with Gasteiger partial charge in [0.25, 0.3) is 0 Å². The van der Waals surface area contributed by atoms with E-state index in [1.807, 2.05) is 42.5 Å². The molecule has 3 heteroatoms. The Morgan fingerprint density at radius 3 is 2.62 bits per heavy atom. The predicted molar refractivity (Wildman–Crippen MR) is 94.4 cm³/mol. The molecule has 0 spiro atoms. The molecule has 2 unspecified atom stereocenters. The lowest BCUT2D eigenvalue weighted by Gasteiger charge is -2.28. The highest BCUT2D eigenvalue weighted by Crippen LogP contribution is 2.39. The van der Waals surface area contributed by atoms with E-state index in [1.54, 1.807) is 6.08 Å². The monoisotopic (exact) mass is 400 g/mol. The maximum absolute atomic E-state index is 14.4. The molecule has 0 heterocycles. The number of hydrogen-bond acceptors (Lipinski definition) is 1. The van der Waals surface area contributed by atoms with Crippen molar-refractivity contribution in [3.05, 3.63) is 60.0 Å². The number of halogens is 2. The van der Waals surface area contributed by atoms with Gasteiger partial charge in [0.2, 0.25) is 0 Å². The van der Waals surface area contributed by atoms with Crippen molar-refractivity contribution in [3.63, 3.8) is 0 Å². The lowest BCUT2D eigenvalue weighted by Crippen LogP contribution is -2.26. The number of rotatable bonds is 7. The van der Waals surface area contributed by atoms with Crippen LogP contribution in [0.25, 0.3) is 0 Å². The molecule has 0 N–H and O–H groups in total. The van der Waals surface area contributed by atoms with Gasteiger partial charge >= 0.3 is 0 Å². The lowest BCUT2D eigenvalue weighted by atomic mass is 9.93. The fraction of sp³-hybridized carbons (Fsp3) is 0.444. The van der Waals surface area contributed by atoms with E-state index >= 15 is 0 Å². The Bertz CT molecular complexity index is 497. The number of ether oxygens (including phenoxy) is 1. The van der Waals surface area contributed by atoms with E-state index in [0.717, 1.165) is 18.4 Å². The van der Waals surface area contributed by atoms with Crippen LogP contribution in [-0.4, -0.2) is 10.2 Å². The highest BCUT2D eigenvalue weighted by molar-refractivity contribution is 14.1. The summed E-state index contributed by atoms with van der Waals surface area (Å²) >= 11 is 2.05. The maximum Gasteiger partial charge on any atom is 0.188 e. The molecular weight excluding hydrogens is 378 g/mol. The van der Waals surface area contributed by atoms with Crippen LogP contribution in [0.15, 0.2) is 54.4 Å². The number of unbranched alkanes of at least 4 members (excludes halogenated alkanes) is 3. The van der Waals surface area contributed by atoms with Crippen molar-refractivity contribution in [1.29, 1.82) is 0 Å². The fourth-order valence-electron chi connectivity index (χ4n) is 2.38.